The summed E-state index contributed by atoms with van der Waals surface area (Å²) in [6.45, 7) is 2.14. The Bertz CT molecular complexity index is 382. The largest absolute Gasteiger partial charge is 0.384 e. The minimum Gasteiger partial charge on any atom is -0.384 e. The van der Waals surface area contributed by atoms with Gasteiger partial charge in [-0.25, -0.2) is 0 Å². The van der Waals surface area contributed by atoms with E-state index in [1.54, 1.807) is 0 Å². The van der Waals surface area contributed by atoms with Gasteiger partial charge in [0.15, 0.2) is 0 Å². The van der Waals surface area contributed by atoms with E-state index < -0.39 is 0 Å². The van der Waals surface area contributed by atoms with Gasteiger partial charge in [-0.1, -0.05) is 17.7 Å². The predicted molar refractivity (Wildman–Crippen MR) is 76.1 cm³/mol. The average Bonchev–Trinajstić information content (AvgIpc) is 2.28. The van der Waals surface area contributed by atoms with E-state index in [2.05, 4.69) is 10.6 Å². The number of amides is 1. The van der Waals surface area contributed by atoms with Gasteiger partial charge in [0.1, 0.15) is 0 Å². The average molecular weight is 270 g/mol. The minimum atomic E-state index is 0.0615. The summed E-state index contributed by atoms with van der Waals surface area (Å²) in [4.78, 5) is 13.5. The topological polar surface area (TPSA) is 44.4 Å². The molecule has 0 aliphatic heterocycles. The molecular formula is C13H20ClN3O. The number of nitrogens with one attached hydrogen (secondary N) is 2. The zero-order valence-electron chi connectivity index (χ0n) is 10.9. The fourth-order valence-corrected chi connectivity index (χ4v) is 1.62. The van der Waals surface area contributed by atoms with E-state index in [4.69, 9.17) is 11.6 Å². The summed E-state index contributed by atoms with van der Waals surface area (Å²) >= 11 is 5.86. The Balaban J connectivity index is 2.15. The minimum absolute atomic E-state index is 0.0615. The summed E-state index contributed by atoms with van der Waals surface area (Å²) in [5.41, 5.74) is 0.934. The Morgan fingerprint density at radius 2 is 2.11 bits per heavy atom. The van der Waals surface area contributed by atoms with Crippen molar-refractivity contribution in [3.05, 3.63) is 29.3 Å². The normalized spacial score (nSPS) is 10.4. The quantitative estimate of drug-likeness (QED) is 0.794. The summed E-state index contributed by atoms with van der Waals surface area (Å²) in [6.07, 6.45) is 0.458. The van der Waals surface area contributed by atoms with Crippen LogP contribution in [-0.4, -0.2) is 44.5 Å². The summed E-state index contributed by atoms with van der Waals surface area (Å²) in [6, 6.07) is 7.46. The van der Waals surface area contributed by atoms with E-state index in [0.717, 1.165) is 12.2 Å². The van der Waals surface area contributed by atoms with Crippen LogP contribution in [-0.2, 0) is 4.79 Å². The number of hydrogen-bond donors (Lipinski definition) is 2. The molecule has 100 valence electrons. The third-order valence-corrected chi connectivity index (χ3v) is 2.62. The monoisotopic (exact) mass is 269 g/mol. The molecule has 0 fully saturated rings. The molecule has 0 heterocycles. The van der Waals surface area contributed by atoms with Crippen LogP contribution in [0.1, 0.15) is 6.42 Å². The maximum absolute atomic E-state index is 11.5. The van der Waals surface area contributed by atoms with E-state index in [1.165, 1.54) is 0 Å². The molecule has 1 aromatic rings. The van der Waals surface area contributed by atoms with E-state index in [9.17, 15) is 4.79 Å². The number of rotatable bonds is 7. The molecule has 0 saturated carbocycles. The second-order valence-corrected chi connectivity index (χ2v) is 4.78. The maximum Gasteiger partial charge on any atom is 0.221 e. The zero-order valence-corrected chi connectivity index (χ0v) is 11.6. The third kappa shape index (κ3) is 6.47. The fourth-order valence-electron chi connectivity index (χ4n) is 1.43. The lowest BCUT2D eigenvalue weighted by Gasteiger charge is -2.11. The van der Waals surface area contributed by atoms with Gasteiger partial charge in [0.2, 0.25) is 5.91 Å². The van der Waals surface area contributed by atoms with Crippen molar-refractivity contribution >= 4 is 23.2 Å². The van der Waals surface area contributed by atoms with Crippen molar-refractivity contribution in [1.29, 1.82) is 0 Å². The highest BCUT2D eigenvalue weighted by Crippen LogP contribution is 2.14. The molecule has 0 aromatic heterocycles. The standard InChI is InChI=1S/C13H20ClN3O/c1-17(2)9-8-16-13(18)6-7-15-12-5-3-4-11(14)10-12/h3-5,10,15H,6-9H2,1-2H3,(H,16,18). The van der Waals surface area contributed by atoms with Crippen LogP contribution >= 0.6 is 11.6 Å². The molecule has 0 aliphatic rings. The van der Waals surface area contributed by atoms with Gasteiger partial charge in [0, 0.05) is 36.8 Å². The van der Waals surface area contributed by atoms with E-state index in [-0.39, 0.29) is 5.91 Å². The first-order valence-corrected chi connectivity index (χ1v) is 6.36. The van der Waals surface area contributed by atoms with Gasteiger partial charge in [-0.05, 0) is 32.3 Å². The summed E-state index contributed by atoms with van der Waals surface area (Å²) in [7, 11) is 3.96. The Morgan fingerprint density at radius 1 is 1.33 bits per heavy atom. The highest BCUT2D eigenvalue weighted by molar-refractivity contribution is 6.30. The second-order valence-electron chi connectivity index (χ2n) is 4.34. The van der Waals surface area contributed by atoms with E-state index >= 15 is 0 Å². The van der Waals surface area contributed by atoms with Crippen molar-refractivity contribution in [1.82, 2.24) is 10.2 Å². The fraction of sp³-hybridized carbons (Fsp3) is 0.462. The molecular weight excluding hydrogens is 250 g/mol. The lowest BCUT2D eigenvalue weighted by atomic mass is 10.3. The molecule has 0 atom stereocenters. The Hall–Kier alpha value is -1.26. The van der Waals surface area contributed by atoms with E-state index in [0.29, 0.717) is 24.5 Å². The number of halogens is 1. The number of hydrogen-bond acceptors (Lipinski definition) is 3. The third-order valence-electron chi connectivity index (χ3n) is 2.39. The summed E-state index contributed by atoms with van der Waals surface area (Å²) in [5.74, 6) is 0.0615. The van der Waals surface area contributed by atoms with Crippen molar-refractivity contribution in [3.8, 4) is 0 Å². The van der Waals surface area contributed by atoms with Gasteiger partial charge in [-0.2, -0.15) is 0 Å². The Labute approximate surface area is 113 Å². The molecule has 5 heteroatoms. The highest BCUT2D eigenvalue weighted by Gasteiger charge is 2.00. The SMILES string of the molecule is CN(C)CCNC(=O)CCNc1cccc(Cl)c1. The van der Waals surface area contributed by atoms with Crippen LogP contribution in [0.3, 0.4) is 0 Å². The highest BCUT2D eigenvalue weighted by atomic mass is 35.5. The van der Waals surface area contributed by atoms with Crippen LogP contribution in [0.2, 0.25) is 5.02 Å². The summed E-state index contributed by atoms with van der Waals surface area (Å²) in [5, 5.41) is 6.72. The lowest BCUT2D eigenvalue weighted by Crippen LogP contribution is -2.32. The number of nitrogens with zero attached hydrogens (tertiary/aromatic N) is 1. The molecule has 1 amide bonds. The zero-order chi connectivity index (χ0) is 13.4. The van der Waals surface area contributed by atoms with Crippen molar-refractivity contribution in [2.24, 2.45) is 0 Å². The van der Waals surface area contributed by atoms with Gasteiger partial charge in [-0.15, -0.1) is 0 Å². The molecule has 0 bridgehead atoms. The molecule has 1 aromatic carbocycles. The van der Waals surface area contributed by atoms with E-state index in [1.807, 2.05) is 43.3 Å². The molecule has 0 saturated heterocycles. The number of carbonyl (C=O) groups is 1. The molecule has 0 unspecified atom stereocenters. The second kappa shape index (κ2) is 7.95. The van der Waals surface area contributed by atoms with Crippen LogP contribution in [0.25, 0.3) is 0 Å². The Kier molecular flexibility index (Phi) is 6.54. The molecule has 0 spiro atoms. The molecule has 0 radical (unpaired) electrons. The maximum atomic E-state index is 11.5. The molecule has 0 aliphatic carbocycles. The van der Waals surface area contributed by atoms with Crippen LogP contribution in [0.15, 0.2) is 24.3 Å². The van der Waals surface area contributed by atoms with Crippen molar-refractivity contribution in [2.75, 3.05) is 39.0 Å². The predicted octanol–water partition coefficient (Wildman–Crippen LogP) is 1.82. The number of likely N-dealkylation sites (N-methyl/N-ethyl adjacent to an activating group) is 1. The van der Waals surface area contributed by atoms with Gasteiger partial charge < -0.3 is 15.5 Å². The lowest BCUT2D eigenvalue weighted by molar-refractivity contribution is -0.120. The smallest absolute Gasteiger partial charge is 0.221 e. The molecule has 18 heavy (non-hydrogen) atoms. The number of anilines is 1. The molecule has 4 nitrogen and oxygen atoms in total. The van der Waals surface area contributed by atoms with Crippen LogP contribution < -0.4 is 10.6 Å². The van der Waals surface area contributed by atoms with Crippen LogP contribution in [0.4, 0.5) is 5.69 Å². The van der Waals surface area contributed by atoms with Gasteiger partial charge in [-0.3, -0.25) is 4.79 Å². The number of carbonyl (C=O) groups excluding carboxylic acids is 1. The van der Waals surface area contributed by atoms with Gasteiger partial charge in [0.25, 0.3) is 0 Å². The van der Waals surface area contributed by atoms with Crippen molar-refractivity contribution in [2.45, 2.75) is 6.42 Å². The first kappa shape index (κ1) is 14.8. The molecule has 1 rings (SSSR count). The summed E-state index contributed by atoms with van der Waals surface area (Å²) < 4.78 is 0. The van der Waals surface area contributed by atoms with Gasteiger partial charge in [0.05, 0.1) is 0 Å². The van der Waals surface area contributed by atoms with Crippen LogP contribution in [0.5, 0.6) is 0 Å². The van der Waals surface area contributed by atoms with Gasteiger partial charge >= 0.3 is 0 Å². The van der Waals surface area contributed by atoms with Crippen LogP contribution in [0, 0.1) is 0 Å². The number of benzene rings is 1. The first-order valence-electron chi connectivity index (χ1n) is 5.99. The Morgan fingerprint density at radius 3 is 2.78 bits per heavy atom. The molecule has 2 N–H and O–H groups in total. The van der Waals surface area contributed by atoms with Crippen molar-refractivity contribution < 1.29 is 4.79 Å². The van der Waals surface area contributed by atoms with Crippen molar-refractivity contribution in [3.63, 3.8) is 0 Å². The first-order chi connectivity index (χ1) is 8.58.